The summed E-state index contributed by atoms with van der Waals surface area (Å²) in [7, 11) is 0. The second-order valence-electron chi connectivity index (χ2n) is 9.15. The first-order chi connectivity index (χ1) is 16.6. The van der Waals surface area contributed by atoms with Crippen molar-refractivity contribution < 1.29 is 4.79 Å². The smallest absolute Gasteiger partial charge is 0.263 e. The van der Waals surface area contributed by atoms with Crippen LogP contribution < -0.4 is 10.9 Å². The molecule has 4 aromatic rings. The van der Waals surface area contributed by atoms with Gasteiger partial charge in [0, 0.05) is 17.0 Å². The van der Waals surface area contributed by atoms with Crippen molar-refractivity contribution in [2.45, 2.75) is 51.7 Å². The van der Waals surface area contributed by atoms with Crippen LogP contribution in [-0.2, 0) is 16.8 Å². The highest BCUT2D eigenvalue weighted by Gasteiger charge is 2.18. The lowest BCUT2D eigenvalue weighted by Crippen LogP contribution is -2.23. The Kier molecular flexibility index (Phi) is 7.25. The number of allylic oxidation sites excluding steroid dienone is 1. The molecule has 0 fully saturated rings. The number of rotatable bonds is 7. The number of anilines is 1. The third-order valence-electron chi connectivity index (χ3n) is 5.57. The van der Waals surface area contributed by atoms with Gasteiger partial charge in [-0.3, -0.25) is 19.5 Å². The van der Waals surface area contributed by atoms with Crippen molar-refractivity contribution in [1.29, 1.82) is 0 Å². The molecule has 0 aliphatic rings. The van der Waals surface area contributed by atoms with Crippen LogP contribution in [0.2, 0.25) is 0 Å². The largest absolute Gasteiger partial charge is 0.293 e. The number of carbonyl (C=O) groups is 1. The number of aromatic nitrogens is 4. The highest BCUT2D eigenvalue weighted by atomic mass is 32.2. The highest BCUT2D eigenvalue weighted by molar-refractivity contribution is 7.99. The zero-order valence-electron chi connectivity index (χ0n) is 20.3. The molecule has 0 saturated carbocycles. The van der Waals surface area contributed by atoms with Crippen molar-refractivity contribution in [2.75, 3.05) is 11.1 Å². The van der Waals surface area contributed by atoms with Crippen LogP contribution in [0.3, 0.4) is 0 Å². The molecule has 0 spiro atoms. The van der Waals surface area contributed by atoms with Gasteiger partial charge in [0.2, 0.25) is 11.9 Å². The maximum absolute atomic E-state index is 13.1. The van der Waals surface area contributed by atoms with Gasteiger partial charge in [0.15, 0.2) is 5.16 Å². The van der Waals surface area contributed by atoms with Crippen molar-refractivity contribution >= 4 is 56.7 Å². The molecule has 7 nitrogen and oxygen atoms in total. The first kappa shape index (κ1) is 25.3. The van der Waals surface area contributed by atoms with E-state index in [1.165, 1.54) is 40.2 Å². The van der Waals surface area contributed by atoms with Gasteiger partial charge < -0.3 is 0 Å². The van der Waals surface area contributed by atoms with Crippen LogP contribution in [0.15, 0.2) is 46.9 Å². The third kappa shape index (κ3) is 5.39. The van der Waals surface area contributed by atoms with Crippen molar-refractivity contribution in [3.63, 3.8) is 0 Å². The van der Waals surface area contributed by atoms with E-state index in [2.05, 4.69) is 59.1 Å². The number of hydrogen-bond donors (Lipinski definition) is 1. The minimum atomic E-state index is -0.263. The summed E-state index contributed by atoms with van der Waals surface area (Å²) in [4.78, 5) is 36.6. The van der Waals surface area contributed by atoms with Crippen LogP contribution in [0, 0.1) is 13.8 Å². The molecular weight excluding hydrogens is 499 g/mol. The molecule has 4 rings (SSSR count). The summed E-state index contributed by atoms with van der Waals surface area (Å²) < 4.78 is 5.84. The second-order valence-corrected chi connectivity index (χ2v) is 12.0. The number of thiophene rings is 1. The normalized spacial score (nSPS) is 11.7. The summed E-state index contributed by atoms with van der Waals surface area (Å²) in [6.07, 6.45) is 1.66. The number of benzene rings is 1. The number of hydrogen-bond acceptors (Lipinski definition) is 8. The van der Waals surface area contributed by atoms with Gasteiger partial charge in [0.25, 0.3) is 5.56 Å². The van der Waals surface area contributed by atoms with E-state index in [4.69, 9.17) is 0 Å². The standard InChI is InChI=1S/C25H27N5O2S3/c1-7-12-30-22(32)19-14(2)15(3)34-21(19)28-24(30)33-13-18(31)26-23-27-20(35-29-23)16-8-10-17(11-9-16)25(4,5)6/h7-11H,1,12-13H2,2-6H3,(H,26,29,31). The van der Waals surface area contributed by atoms with Crippen LogP contribution in [0.5, 0.6) is 0 Å². The molecular formula is C25H27N5O2S3. The van der Waals surface area contributed by atoms with E-state index in [9.17, 15) is 9.59 Å². The fraction of sp³-hybridized carbons (Fsp3) is 0.320. The van der Waals surface area contributed by atoms with Crippen molar-refractivity contribution in [1.82, 2.24) is 18.9 Å². The van der Waals surface area contributed by atoms with Crippen molar-refractivity contribution in [3.8, 4) is 10.6 Å². The first-order valence-corrected chi connectivity index (χ1v) is 13.6. The Morgan fingerprint density at radius 3 is 2.57 bits per heavy atom. The van der Waals surface area contributed by atoms with Gasteiger partial charge in [-0.1, -0.05) is 62.9 Å². The number of nitrogens with zero attached hydrogens (tertiary/aromatic N) is 4. The molecule has 3 aromatic heterocycles. The molecule has 3 heterocycles. The minimum Gasteiger partial charge on any atom is -0.293 e. The van der Waals surface area contributed by atoms with E-state index < -0.39 is 0 Å². The van der Waals surface area contributed by atoms with Gasteiger partial charge in [0.1, 0.15) is 9.84 Å². The molecule has 0 radical (unpaired) electrons. The number of carbonyl (C=O) groups excluding carboxylic acids is 1. The van der Waals surface area contributed by atoms with Crippen LogP contribution >= 0.6 is 34.6 Å². The maximum atomic E-state index is 13.1. The van der Waals surface area contributed by atoms with Crippen LogP contribution in [0.25, 0.3) is 20.8 Å². The van der Waals surface area contributed by atoms with E-state index in [1.807, 2.05) is 26.0 Å². The molecule has 35 heavy (non-hydrogen) atoms. The quantitative estimate of drug-likeness (QED) is 0.186. The monoisotopic (exact) mass is 525 g/mol. The average Bonchev–Trinajstić information content (AvgIpc) is 3.38. The van der Waals surface area contributed by atoms with Gasteiger partial charge >= 0.3 is 0 Å². The minimum absolute atomic E-state index is 0.0766. The molecule has 10 heteroatoms. The van der Waals surface area contributed by atoms with Crippen molar-refractivity contribution in [2.24, 2.45) is 0 Å². The summed E-state index contributed by atoms with van der Waals surface area (Å²) >= 11 is 3.94. The van der Waals surface area contributed by atoms with Crippen LogP contribution in [-0.4, -0.2) is 30.6 Å². The first-order valence-electron chi connectivity index (χ1n) is 11.1. The van der Waals surface area contributed by atoms with E-state index >= 15 is 0 Å². The molecule has 182 valence electrons. The lowest BCUT2D eigenvalue weighted by molar-refractivity contribution is -0.113. The summed E-state index contributed by atoms with van der Waals surface area (Å²) in [6.45, 7) is 14.5. The van der Waals surface area contributed by atoms with Gasteiger partial charge in [-0.2, -0.15) is 9.36 Å². The Bertz CT molecular complexity index is 1460. The van der Waals surface area contributed by atoms with Gasteiger partial charge in [-0.15, -0.1) is 17.9 Å². The molecule has 0 aliphatic carbocycles. The zero-order chi connectivity index (χ0) is 25.3. The molecule has 0 saturated heterocycles. The van der Waals surface area contributed by atoms with E-state index in [1.54, 1.807) is 10.6 Å². The molecule has 0 atom stereocenters. The highest BCUT2D eigenvalue weighted by Crippen LogP contribution is 2.29. The number of fused-ring (bicyclic) bond motifs is 1. The fourth-order valence-corrected chi connectivity index (χ4v) is 6.01. The van der Waals surface area contributed by atoms with E-state index in [0.29, 0.717) is 21.9 Å². The third-order valence-corrected chi connectivity index (χ3v) is 8.41. The predicted octanol–water partition coefficient (Wildman–Crippen LogP) is 5.81. The van der Waals surface area contributed by atoms with Gasteiger partial charge in [-0.25, -0.2) is 4.98 Å². The van der Waals surface area contributed by atoms with E-state index in [-0.39, 0.29) is 28.6 Å². The predicted molar refractivity (Wildman–Crippen MR) is 147 cm³/mol. The number of aryl methyl sites for hydroxylation is 2. The lowest BCUT2D eigenvalue weighted by atomic mass is 9.87. The Balaban J connectivity index is 1.46. The topological polar surface area (TPSA) is 89.8 Å². The molecule has 1 aromatic carbocycles. The molecule has 0 aliphatic heterocycles. The molecule has 0 unspecified atom stereocenters. The fourth-order valence-electron chi connectivity index (χ4n) is 3.50. The molecule has 0 bridgehead atoms. The van der Waals surface area contributed by atoms with E-state index in [0.717, 1.165) is 21.0 Å². The Morgan fingerprint density at radius 1 is 1.20 bits per heavy atom. The second kappa shape index (κ2) is 10.0. The average molecular weight is 526 g/mol. The summed E-state index contributed by atoms with van der Waals surface area (Å²) in [5.74, 6) is 0.0835. The Morgan fingerprint density at radius 2 is 1.91 bits per heavy atom. The Labute approximate surface area is 216 Å². The van der Waals surface area contributed by atoms with Gasteiger partial charge in [0.05, 0.1) is 11.1 Å². The van der Waals surface area contributed by atoms with Crippen LogP contribution in [0.4, 0.5) is 5.95 Å². The SMILES string of the molecule is C=CCn1c(SCC(=O)Nc2nsc(-c3ccc(C(C)(C)C)cc3)n2)nc2sc(C)c(C)c2c1=O. The summed E-state index contributed by atoms with van der Waals surface area (Å²) in [5, 5.41) is 4.62. The van der Waals surface area contributed by atoms with Crippen LogP contribution in [0.1, 0.15) is 36.8 Å². The van der Waals surface area contributed by atoms with Crippen molar-refractivity contribution in [3.05, 3.63) is 63.3 Å². The number of nitrogens with one attached hydrogen (secondary N) is 1. The number of amides is 1. The number of thioether (sulfide) groups is 1. The molecule has 1 N–H and O–H groups in total. The summed E-state index contributed by atoms with van der Waals surface area (Å²) in [6, 6.07) is 8.23. The summed E-state index contributed by atoms with van der Waals surface area (Å²) in [5.41, 5.74) is 3.12. The maximum Gasteiger partial charge on any atom is 0.263 e. The lowest BCUT2D eigenvalue weighted by Gasteiger charge is -2.18. The van der Waals surface area contributed by atoms with Gasteiger partial charge in [-0.05, 0) is 41.9 Å². The Hall–Kier alpha value is -2.82. The molecule has 1 amide bonds. The zero-order valence-corrected chi connectivity index (χ0v) is 22.8.